The maximum atomic E-state index is 13.7. The van der Waals surface area contributed by atoms with Crippen LogP contribution in [-0.2, 0) is 6.42 Å². The van der Waals surface area contributed by atoms with Crippen molar-refractivity contribution < 1.29 is 9.13 Å². The molecule has 0 amide bonds. The maximum absolute atomic E-state index is 13.7. The fourth-order valence-corrected chi connectivity index (χ4v) is 1.84. The lowest BCUT2D eigenvalue weighted by molar-refractivity contribution is 0.386. The van der Waals surface area contributed by atoms with Crippen molar-refractivity contribution in [1.29, 1.82) is 0 Å². The number of benzene rings is 1. The van der Waals surface area contributed by atoms with Gasteiger partial charge in [0.05, 0.1) is 12.8 Å². The van der Waals surface area contributed by atoms with Gasteiger partial charge in [-0.15, -0.1) is 0 Å². The van der Waals surface area contributed by atoms with E-state index < -0.39 is 5.82 Å². The van der Waals surface area contributed by atoms with E-state index in [1.807, 2.05) is 13.0 Å². The summed E-state index contributed by atoms with van der Waals surface area (Å²) in [5.41, 5.74) is 7.73. The van der Waals surface area contributed by atoms with Gasteiger partial charge in [0.15, 0.2) is 11.6 Å². The Hall–Kier alpha value is -2.01. The molecule has 0 saturated carbocycles. The Balaban J connectivity index is 2.43. The van der Waals surface area contributed by atoms with E-state index in [4.69, 9.17) is 10.5 Å². The normalized spacial score (nSPS) is 10.5. The van der Waals surface area contributed by atoms with Gasteiger partial charge in [0.1, 0.15) is 5.82 Å². The van der Waals surface area contributed by atoms with Crippen LogP contribution >= 0.6 is 0 Å². The number of nitrogens with two attached hydrogens (primary N) is 1. The van der Waals surface area contributed by atoms with E-state index in [2.05, 4.69) is 9.97 Å². The highest BCUT2D eigenvalue weighted by molar-refractivity contribution is 5.60. The first-order chi connectivity index (χ1) is 9.13. The fraction of sp³-hybridized carbons (Fsp3) is 0.286. The summed E-state index contributed by atoms with van der Waals surface area (Å²) in [5, 5.41) is 0. The molecular weight excluding hydrogens is 245 g/mol. The second-order valence-electron chi connectivity index (χ2n) is 4.20. The van der Waals surface area contributed by atoms with Crippen molar-refractivity contribution in [3.8, 4) is 17.0 Å². The Morgan fingerprint density at radius 1 is 1.26 bits per heavy atom. The number of hydrogen-bond donors (Lipinski definition) is 1. The lowest BCUT2D eigenvalue weighted by Gasteiger charge is -2.07. The van der Waals surface area contributed by atoms with E-state index in [1.165, 1.54) is 13.2 Å². The van der Waals surface area contributed by atoms with Crippen LogP contribution in [0.2, 0.25) is 0 Å². The highest BCUT2D eigenvalue weighted by atomic mass is 19.1. The molecule has 5 heteroatoms. The van der Waals surface area contributed by atoms with Crippen molar-refractivity contribution in [2.24, 2.45) is 5.73 Å². The predicted octanol–water partition coefficient (Wildman–Crippen LogP) is 2.10. The molecule has 2 aromatic rings. The lowest BCUT2D eigenvalue weighted by Crippen LogP contribution is -2.07. The van der Waals surface area contributed by atoms with E-state index in [0.717, 1.165) is 5.69 Å². The number of aromatic nitrogens is 2. The summed E-state index contributed by atoms with van der Waals surface area (Å²) in [6.07, 6.45) is 0.604. The smallest absolute Gasteiger partial charge is 0.165 e. The quantitative estimate of drug-likeness (QED) is 0.915. The Kier molecular flexibility index (Phi) is 4.06. The summed E-state index contributed by atoms with van der Waals surface area (Å²) in [5.74, 6) is 0.488. The molecule has 1 aromatic heterocycles. The largest absolute Gasteiger partial charge is 0.494 e. The summed E-state index contributed by atoms with van der Waals surface area (Å²) >= 11 is 0. The first kappa shape index (κ1) is 13.4. The number of halogens is 1. The summed E-state index contributed by atoms with van der Waals surface area (Å²) in [6, 6.07) is 6.59. The molecular formula is C14H16FN3O. The molecule has 0 fully saturated rings. The second-order valence-corrected chi connectivity index (χ2v) is 4.20. The number of hydrogen-bond acceptors (Lipinski definition) is 4. The van der Waals surface area contributed by atoms with Crippen molar-refractivity contribution in [2.75, 3.05) is 13.7 Å². The molecule has 1 heterocycles. The standard InChI is InChI=1S/C14H16FN3O/c1-9-7-12(18-14(17-9)5-6-16)10-3-4-13(19-2)11(15)8-10/h3-4,7-8H,5-6,16H2,1-2H3. The predicted molar refractivity (Wildman–Crippen MR) is 71.5 cm³/mol. The summed E-state index contributed by atoms with van der Waals surface area (Å²) in [4.78, 5) is 8.69. The van der Waals surface area contributed by atoms with Gasteiger partial charge in [-0.1, -0.05) is 0 Å². The monoisotopic (exact) mass is 261 g/mol. The van der Waals surface area contributed by atoms with Crippen molar-refractivity contribution in [3.63, 3.8) is 0 Å². The molecule has 0 unspecified atom stereocenters. The van der Waals surface area contributed by atoms with Crippen LogP contribution in [0, 0.1) is 12.7 Å². The zero-order valence-electron chi connectivity index (χ0n) is 11.0. The Morgan fingerprint density at radius 3 is 2.68 bits per heavy atom. The number of methoxy groups -OCH3 is 1. The molecule has 4 nitrogen and oxygen atoms in total. The van der Waals surface area contributed by atoms with Crippen molar-refractivity contribution in [2.45, 2.75) is 13.3 Å². The molecule has 0 bridgehead atoms. The zero-order chi connectivity index (χ0) is 13.8. The first-order valence-corrected chi connectivity index (χ1v) is 6.02. The minimum atomic E-state index is -0.406. The minimum absolute atomic E-state index is 0.219. The molecule has 2 rings (SSSR count). The van der Waals surface area contributed by atoms with E-state index in [0.29, 0.717) is 30.0 Å². The number of aryl methyl sites for hydroxylation is 1. The van der Waals surface area contributed by atoms with Crippen LogP contribution in [0.4, 0.5) is 4.39 Å². The molecule has 0 spiro atoms. The van der Waals surface area contributed by atoms with Crippen LogP contribution in [0.25, 0.3) is 11.3 Å². The summed E-state index contributed by atoms with van der Waals surface area (Å²) in [7, 11) is 1.44. The zero-order valence-corrected chi connectivity index (χ0v) is 11.0. The van der Waals surface area contributed by atoms with Crippen LogP contribution in [-0.4, -0.2) is 23.6 Å². The topological polar surface area (TPSA) is 61.0 Å². The Labute approximate surface area is 111 Å². The van der Waals surface area contributed by atoms with Gasteiger partial charge in [0.2, 0.25) is 0 Å². The van der Waals surface area contributed by atoms with Crippen LogP contribution in [0.5, 0.6) is 5.75 Å². The molecule has 2 N–H and O–H groups in total. The Morgan fingerprint density at radius 2 is 2.05 bits per heavy atom. The summed E-state index contributed by atoms with van der Waals surface area (Å²) in [6.45, 7) is 2.37. The van der Waals surface area contributed by atoms with Gasteiger partial charge in [-0.3, -0.25) is 0 Å². The summed E-state index contributed by atoms with van der Waals surface area (Å²) < 4.78 is 18.6. The van der Waals surface area contributed by atoms with E-state index >= 15 is 0 Å². The molecule has 0 aliphatic heterocycles. The second kappa shape index (κ2) is 5.75. The molecule has 1 aromatic carbocycles. The van der Waals surface area contributed by atoms with Gasteiger partial charge in [-0.25, -0.2) is 14.4 Å². The highest BCUT2D eigenvalue weighted by Crippen LogP contribution is 2.24. The van der Waals surface area contributed by atoms with Gasteiger partial charge in [0.25, 0.3) is 0 Å². The van der Waals surface area contributed by atoms with Crippen molar-refractivity contribution in [1.82, 2.24) is 9.97 Å². The molecule has 0 atom stereocenters. The first-order valence-electron chi connectivity index (χ1n) is 6.02. The molecule has 100 valence electrons. The average molecular weight is 261 g/mol. The fourth-order valence-electron chi connectivity index (χ4n) is 1.84. The maximum Gasteiger partial charge on any atom is 0.165 e. The molecule has 19 heavy (non-hydrogen) atoms. The lowest BCUT2D eigenvalue weighted by atomic mass is 10.1. The average Bonchev–Trinajstić information content (AvgIpc) is 2.38. The Bertz CT molecular complexity index is 587. The third kappa shape index (κ3) is 3.06. The highest BCUT2D eigenvalue weighted by Gasteiger charge is 2.08. The third-order valence-electron chi connectivity index (χ3n) is 2.72. The molecule has 0 aliphatic carbocycles. The minimum Gasteiger partial charge on any atom is -0.494 e. The van der Waals surface area contributed by atoms with Gasteiger partial charge in [-0.05, 0) is 37.7 Å². The van der Waals surface area contributed by atoms with Crippen LogP contribution in [0.3, 0.4) is 0 Å². The van der Waals surface area contributed by atoms with Crippen molar-refractivity contribution in [3.05, 3.63) is 41.6 Å². The van der Waals surface area contributed by atoms with Gasteiger partial charge in [0, 0.05) is 17.7 Å². The molecule has 0 radical (unpaired) electrons. The third-order valence-corrected chi connectivity index (χ3v) is 2.72. The van der Waals surface area contributed by atoms with Crippen molar-refractivity contribution >= 4 is 0 Å². The molecule has 0 aliphatic rings. The number of ether oxygens (including phenoxy) is 1. The molecule has 0 saturated heterocycles. The van der Waals surface area contributed by atoms with Gasteiger partial charge >= 0.3 is 0 Å². The van der Waals surface area contributed by atoms with Gasteiger partial charge in [-0.2, -0.15) is 0 Å². The number of nitrogens with zero attached hydrogens (tertiary/aromatic N) is 2. The van der Waals surface area contributed by atoms with Crippen LogP contribution < -0.4 is 10.5 Å². The van der Waals surface area contributed by atoms with E-state index in [9.17, 15) is 4.39 Å². The van der Waals surface area contributed by atoms with Gasteiger partial charge < -0.3 is 10.5 Å². The van der Waals surface area contributed by atoms with Crippen LogP contribution in [0.1, 0.15) is 11.5 Å². The van der Waals surface area contributed by atoms with E-state index in [1.54, 1.807) is 12.1 Å². The number of rotatable bonds is 4. The van der Waals surface area contributed by atoms with Crippen LogP contribution in [0.15, 0.2) is 24.3 Å². The SMILES string of the molecule is COc1ccc(-c2cc(C)nc(CCN)n2)cc1F. The van der Waals surface area contributed by atoms with E-state index in [-0.39, 0.29) is 5.75 Å².